The number of rotatable bonds is 2. The van der Waals surface area contributed by atoms with E-state index in [4.69, 9.17) is 0 Å². The van der Waals surface area contributed by atoms with Crippen LogP contribution in [0.3, 0.4) is 0 Å². The second kappa shape index (κ2) is 4.65. The van der Waals surface area contributed by atoms with Crippen molar-refractivity contribution in [2.24, 2.45) is 7.05 Å². The quantitative estimate of drug-likeness (QED) is 0.771. The topological polar surface area (TPSA) is 34.9 Å². The summed E-state index contributed by atoms with van der Waals surface area (Å²) in [5.74, 6) is 0. The Morgan fingerprint density at radius 1 is 1.26 bits per heavy atom. The summed E-state index contributed by atoms with van der Waals surface area (Å²) in [5.41, 5.74) is 4.88. The summed E-state index contributed by atoms with van der Waals surface area (Å²) < 4.78 is 1.76. The Hall–Kier alpha value is -1.90. The maximum absolute atomic E-state index is 11.2. The molecular weight excluding hydrogens is 236 g/mol. The summed E-state index contributed by atoms with van der Waals surface area (Å²) >= 11 is 0. The van der Waals surface area contributed by atoms with Crippen LogP contribution in [-0.4, -0.2) is 15.8 Å². The van der Waals surface area contributed by atoms with E-state index in [1.165, 1.54) is 5.56 Å². The second-order valence-electron chi connectivity index (χ2n) is 5.99. The highest BCUT2D eigenvalue weighted by atomic mass is 16.1. The largest absolute Gasteiger partial charge is 0.331 e. The van der Waals surface area contributed by atoms with Crippen molar-refractivity contribution in [3.05, 3.63) is 41.3 Å². The van der Waals surface area contributed by atoms with Gasteiger partial charge in [0.1, 0.15) is 5.69 Å². The molecular formula is C16H20N2O. The number of benzene rings is 1. The summed E-state index contributed by atoms with van der Waals surface area (Å²) in [6, 6.07) is 6.38. The van der Waals surface area contributed by atoms with E-state index in [-0.39, 0.29) is 5.41 Å². The predicted molar refractivity (Wildman–Crippen MR) is 77.5 cm³/mol. The van der Waals surface area contributed by atoms with Gasteiger partial charge in [-0.3, -0.25) is 4.79 Å². The van der Waals surface area contributed by atoms with Crippen LogP contribution in [0.4, 0.5) is 0 Å². The number of aryl methyl sites for hydroxylation is 2. The Morgan fingerprint density at radius 3 is 2.53 bits per heavy atom. The van der Waals surface area contributed by atoms with Gasteiger partial charge in [0.15, 0.2) is 6.29 Å². The fourth-order valence-electron chi connectivity index (χ4n) is 2.13. The van der Waals surface area contributed by atoms with Gasteiger partial charge in [0, 0.05) is 12.6 Å². The van der Waals surface area contributed by atoms with Crippen LogP contribution in [0.1, 0.15) is 42.4 Å². The van der Waals surface area contributed by atoms with Crippen molar-refractivity contribution in [3.8, 4) is 11.3 Å². The van der Waals surface area contributed by atoms with Crippen molar-refractivity contribution >= 4 is 6.29 Å². The molecule has 0 unspecified atom stereocenters. The van der Waals surface area contributed by atoms with E-state index in [0.29, 0.717) is 5.69 Å². The molecule has 19 heavy (non-hydrogen) atoms. The van der Waals surface area contributed by atoms with E-state index in [1.54, 1.807) is 10.9 Å². The lowest BCUT2D eigenvalue weighted by atomic mass is 9.85. The van der Waals surface area contributed by atoms with Gasteiger partial charge in [0.05, 0.1) is 12.0 Å². The standard InChI is InChI=1S/C16H20N2O/c1-11-6-7-12(16(2,3)4)8-13(11)15-14(9-19)18(5)10-17-15/h6-10H,1-5H3. The lowest BCUT2D eigenvalue weighted by Gasteiger charge is -2.20. The van der Waals surface area contributed by atoms with Crippen molar-refractivity contribution < 1.29 is 4.79 Å². The number of aromatic nitrogens is 2. The first-order chi connectivity index (χ1) is 8.84. The van der Waals surface area contributed by atoms with Crippen molar-refractivity contribution in [1.82, 2.24) is 9.55 Å². The average molecular weight is 256 g/mol. The van der Waals surface area contributed by atoms with E-state index in [9.17, 15) is 4.79 Å². The molecule has 0 atom stereocenters. The minimum absolute atomic E-state index is 0.0819. The van der Waals surface area contributed by atoms with Crippen LogP contribution in [0.5, 0.6) is 0 Å². The Balaban J connectivity index is 2.64. The molecule has 0 spiro atoms. The van der Waals surface area contributed by atoms with Crippen molar-refractivity contribution in [2.45, 2.75) is 33.1 Å². The summed E-state index contributed by atoms with van der Waals surface area (Å²) in [7, 11) is 1.84. The maximum atomic E-state index is 11.2. The first kappa shape index (κ1) is 13.5. The number of aldehydes is 1. The number of nitrogens with zero attached hydrogens (tertiary/aromatic N) is 2. The molecule has 0 bridgehead atoms. The van der Waals surface area contributed by atoms with E-state index in [1.807, 2.05) is 14.0 Å². The fraction of sp³-hybridized carbons (Fsp3) is 0.375. The molecule has 1 heterocycles. The average Bonchev–Trinajstić information content (AvgIpc) is 2.69. The number of hydrogen-bond acceptors (Lipinski definition) is 2. The third-order valence-electron chi connectivity index (χ3n) is 3.45. The molecule has 0 saturated carbocycles. The summed E-state index contributed by atoms with van der Waals surface area (Å²) in [4.78, 5) is 15.6. The Bertz CT molecular complexity index is 618. The molecule has 1 aromatic heterocycles. The van der Waals surface area contributed by atoms with Gasteiger partial charge >= 0.3 is 0 Å². The van der Waals surface area contributed by atoms with Crippen LogP contribution >= 0.6 is 0 Å². The van der Waals surface area contributed by atoms with Crippen LogP contribution < -0.4 is 0 Å². The van der Waals surface area contributed by atoms with Crippen LogP contribution in [-0.2, 0) is 12.5 Å². The maximum Gasteiger partial charge on any atom is 0.168 e. The van der Waals surface area contributed by atoms with Gasteiger partial charge < -0.3 is 4.57 Å². The van der Waals surface area contributed by atoms with Crippen LogP contribution in [0.25, 0.3) is 11.3 Å². The zero-order valence-corrected chi connectivity index (χ0v) is 12.2. The fourth-order valence-corrected chi connectivity index (χ4v) is 2.13. The summed E-state index contributed by atoms with van der Waals surface area (Å²) in [6.07, 6.45) is 2.55. The van der Waals surface area contributed by atoms with Crippen molar-refractivity contribution in [1.29, 1.82) is 0 Å². The lowest BCUT2D eigenvalue weighted by Crippen LogP contribution is -2.11. The first-order valence-electron chi connectivity index (χ1n) is 6.42. The molecule has 0 aliphatic heterocycles. The van der Waals surface area contributed by atoms with E-state index in [0.717, 1.165) is 23.1 Å². The molecule has 3 heteroatoms. The van der Waals surface area contributed by atoms with Gasteiger partial charge in [-0.15, -0.1) is 0 Å². The van der Waals surface area contributed by atoms with Gasteiger partial charge in [0.2, 0.25) is 0 Å². The highest BCUT2D eigenvalue weighted by Gasteiger charge is 2.18. The highest BCUT2D eigenvalue weighted by Crippen LogP contribution is 2.30. The predicted octanol–water partition coefficient (Wildman–Crippen LogP) is 3.51. The molecule has 0 aliphatic carbocycles. The zero-order chi connectivity index (χ0) is 14.2. The molecule has 0 amide bonds. The SMILES string of the molecule is Cc1ccc(C(C)(C)C)cc1-c1ncn(C)c1C=O. The van der Waals surface area contributed by atoms with E-state index >= 15 is 0 Å². The van der Waals surface area contributed by atoms with Gasteiger partial charge in [-0.05, 0) is 29.5 Å². The Kier molecular flexibility index (Phi) is 3.31. The molecule has 0 saturated heterocycles. The second-order valence-corrected chi connectivity index (χ2v) is 5.99. The molecule has 0 N–H and O–H groups in total. The lowest BCUT2D eigenvalue weighted by molar-refractivity contribution is 0.111. The molecule has 0 aliphatic rings. The first-order valence-corrected chi connectivity index (χ1v) is 6.42. The number of hydrogen-bond donors (Lipinski definition) is 0. The molecule has 3 nitrogen and oxygen atoms in total. The molecule has 100 valence electrons. The smallest absolute Gasteiger partial charge is 0.168 e. The van der Waals surface area contributed by atoms with Crippen LogP contribution in [0, 0.1) is 6.92 Å². The Morgan fingerprint density at radius 2 is 1.95 bits per heavy atom. The van der Waals surface area contributed by atoms with Gasteiger partial charge in [-0.1, -0.05) is 32.9 Å². The number of carbonyl (C=O) groups excluding carboxylic acids is 1. The monoisotopic (exact) mass is 256 g/mol. The summed E-state index contributed by atoms with van der Waals surface area (Å²) in [6.45, 7) is 8.59. The third kappa shape index (κ3) is 2.46. The van der Waals surface area contributed by atoms with Gasteiger partial charge in [-0.2, -0.15) is 0 Å². The van der Waals surface area contributed by atoms with Gasteiger partial charge in [-0.25, -0.2) is 4.98 Å². The Labute approximate surface area is 114 Å². The van der Waals surface area contributed by atoms with Gasteiger partial charge in [0.25, 0.3) is 0 Å². The van der Waals surface area contributed by atoms with E-state index in [2.05, 4.69) is 44.0 Å². The van der Waals surface area contributed by atoms with Crippen molar-refractivity contribution in [2.75, 3.05) is 0 Å². The van der Waals surface area contributed by atoms with Crippen molar-refractivity contribution in [3.63, 3.8) is 0 Å². The minimum atomic E-state index is 0.0819. The highest BCUT2D eigenvalue weighted by molar-refractivity contribution is 5.84. The minimum Gasteiger partial charge on any atom is -0.331 e. The van der Waals surface area contributed by atoms with E-state index < -0.39 is 0 Å². The number of imidazole rings is 1. The zero-order valence-electron chi connectivity index (χ0n) is 12.2. The molecule has 2 aromatic rings. The molecule has 0 fully saturated rings. The number of carbonyl (C=O) groups is 1. The molecule has 2 rings (SSSR count). The normalized spacial score (nSPS) is 11.6. The van der Waals surface area contributed by atoms with Crippen LogP contribution in [0.15, 0.2) is 24.5 Å². The third-order valence-corrected chi connectivity index (χ3v) is 3.45. The summed E-state index contributed by atoms with van der Waals surface area (Å²) in [5, 5.41) is 0. The molecule has 1 aromatic carbocycles. The van der Waals surface area contributed by atoms with Crippen LogP contribution in [0.2, 0.25) is 0 Å². The molecule has 0 radical (unpaired) electrons.